The van der Waals surface area contributed by atoms with Crippen molar-refractivity contribution in [3.63, 3.8) is 0 Å². The molecule has 0 saturated carbocycles. The van der Waals surface area contributed by atoms with E-state index < -0.39 is 0 Å². The van der Waals surface area contributed by atoms with Gasteiger partial charge in [-0.1, -0.05) is 0 Å². The average Bonchev–Trinajstić information content (AvgIpc) is 2.37. The molecule has 4 heteroatoms. The van der Waals surface area contributed by atoms with E-state index in [-0.39, 0.29) is 0 Å². The molecule has 0 amide bonds. The van der Waals surface area contributed by atoms with Gasteiger partial charge >= 0.3 is 0 Å². The lowest BCUT2D eigenvalue weighted by atomic mass is 9.98. The van der Waals surface area contributed by atoms with E-state index in [9.17, 15) is 0 Å². The lowest BCUT2D eigenvalue weighted by Gasteiger charge is -2.29. The molecule has 1 aliphatic heterocycles. The zero-order chi connectivity index (χ0) is 12.1. The van der Waals surface area contributed by atoms with Crippen molar-refractivity contribution in [3.8, 4) is 6.07 Å². The second kappa shape index (κ2) is 5.65. The Labute approximate surface area is 102 Å². The zero-order valence-corrected chi connectivity index (χ0v) is 10.2. The third-order valence-corrected chi connectivity index (χ3v) is 3.22. The molecule has 1 unspecified atom stereocenters. The molecule has 0 bridgehead atoms. The van der Waals surface area contributed by atoms with Crippen LogP contribution in [0, 0.1) is 17.2 Å². The van der Waals surface area contributed by atoms with Crippen LogP contribution in [0.5, 0.6) is 0 Å². The van der Waals surface area contributed by atoms with Crippen LogP contribution in [0.25, 0.3) is 0 Å². The molecule has 4 nitrogen and oxygen atoms in total. The summed E-state index contributed by atoms with van der Waals surface area (Å²) in [7, 11) is 2.16. The highest BCUT2D eigenvalue weighted by Gasteiger charge is 2.17. The van der Waals surface area contributed by atoms with Crippen molar-refractivity contribution in [2.24, 2.45) is 5.92 Å². The molecule has 0 spiro atoms. The van der Waals surface area contributed by atoms with E-state index in [1.807, 2.05) is 12.1 Å². The Bertz CT molecular complexity index is 410. The van der Waals surface area contributed by atoms with Crippen LogP contribution < -0.4 is 5.32 Å². The van der Waals surface area contributed by atoms with E-state index in [4.69, 9.17) is 5.26 Å². The van der Waals surface area contributed by atoms with E-state index in [0.29, 0.717) is 11.6 Å². The van der Waals surface area contributed by atoms with Crippen LogP contribution in [-0.4, -0.2) is 36.6 Å². The molecule has 1 aromatic heterocycles. The fourth-order valence-electron chi connectivity index (χ4n) is 2.33. The number of hydrogen-bond acceptors (Lipinski definition) is 4. The smallest absolute Gasteiger partial charge is 0.163 e. The molecule has 1 N–H and O–H groups in total. The van der Waals surface area contributed by atoms with E-state index >= 15 is 0 Å². The van der Waals surface area contributed by atoms with Gasteiger partial charge in [-0.25, -0.2) is 4.98 Å². The molecule has 0 radical (unpaired) electrons. The topological polar surface area (TPSA) is 52.0 Å². The van der Waals surface area contributed by atoms with Gasteiger partial charge in [-0.2, -0.15) is 5.26 Å². The van der Waals surface area contributed by atoms with E-state index in [0.717, 1.165) is 18.8 Å². The number of hydrogen-bond donors (Lipinski definition) is 1. The van der Waals surface area contributed by atoms with E-state index in [1.54, 1.807) is 6.20 Å². The third kappa shape index (κ3) is 3.18. The molecular formula is C13H18N4. The van der Waals surface area contributed by atoms with Gasteiger partial charge in [0.05, 0.1) is 5.69 Å². The molecule has 0 aliphatic carbocycles. The third-order valence-electron chi connectivity index (χ3n) is 3.22. The summed E-state index contributed by atoms with van der Waals surface area (Å²) < 4.78 is 0. The number of nitrogens with zero attached hydrogens (tertiary/aromatic N) is 3. The summed E-state index contributed by atoms with van der Waals surface area (Å²) in [5, 5.41) is 12.3. The minimum Gasteiger partial charge on any atom is -0.382 e. The van der Waals surface area contributed by atoms with Crippen molar-refractivity contribution in [1.29, 1.82) is 5.26 Å². The van der Waals surface area contributed by atoms with Gasteiger partial charge in [0.15, 0.2) is 5.69 Å². The van der Waals surface area contributed by atoms with Gasteiger partial charge in [-0.15, -0.1) is 0 Å². The maximum Gasteiger partial charge on any atom is 0.163 e. The van der Waals surface area contributed by atoms with Crippen LogP contribution >= 0.6 is 0 Å². The van der Waals surface area contributed by atoms with Crippen LogP contribution in [0.4, 0.5) is 5.69 Å². The number of aromatic nitrogens is 1. The first-order valence-corrected chi connectivity index (χ1v) is 6.07. The van der Waals surface area contributed by atoms with Crippen LogP contribution in [-0.2, 0) is 0 Å². The van der Waals surface area contributed by atoms with Gasteiger partial charge < -0.3 is 10.2 Å². The molecule has 1 fully saturated rings. The highest BCUT2D eigenvalue weighted by Crippen LogP contribution is 2.17. The molecule has 0 aromatic carbocycles. The minimum atomic E-state index is 0.483. The molecular weight excluding hydrogens is 212 g/mol. The van der Waals surface area contributed by atoms with Crippen LogP contribution in [0.1, 0.15) is 18.5 Å². The summed E-state index contributed by atoms with van der Waals surface area (Å²) in [6, 6.07) is 5.88. The monoisotopic (exact) mass is 230 g/mol. The Morgan fingerprint density at radius 2 is 2.53 bits per heavy atom. The predicted octanol–water partition coefficient (Wildman–Crippen LogP) is 1.71. The summed E-state index contributed by atoms with van der Waals surface area (Å²) in [5.41, 5.74) is 1.33. The summed E-state index contributed by atoms with van der Waals surface area (Å²) in [4.78, 5) is 6.41. The second-order valence-electron chi connectivity index (χ2n) is 4.66. The molecule has 1 aromatic rings. The van der Waals surface area contributed by atoms with Crippen LogP contribution in [0.2, 0.25) is 0 Å². The highest BCUT2D eigenvalue weighted by molar-refractivity contribution is 5.53. The highest BCUT2D eigenvalue weighted by atomic mass is 15.1. The molecule has 2 rings (SSSR count). The van der Waals surface area contributed by atoms with Gasteiger partial charge in [-0.05, 0) is 44.5 Å². The molecule has 17 heavy (non-hydrogen) atoms. The Morgan fingerprint density at radius 1 is 1.65 bits per heavy atom. The quantitative estimate of drug-likeness (QED) is 0.858. The first kappa shape index (κ1) is 11.9. The molecule has 1 atom stereocenters. The molecule has 2 heterocycles. The molecule has 90 valence electrons. The Kier molecular flexibility index (Phi) is 3.94. The summed E-state index contributed by atoms with van der Waals surface area (Å²) in [6.45, 7) is 3.26. The number of likely N-dealkylation sites (tertiary alicyclic amines) is 1. The van der Waals surface area contributed by atoms with Crippen LogP contribution in [0.3, 0.4) is 0 Å². The first-order valence-electron chi connectivity index (χ1n) is 6.07. The summed E-state index contributed by atoms with van der Waals surface area (Å²) in [6.07, 6.45) is 4.18. The maximum atomic E-state index is 8.94. The van der Waals surface area contributed by atoms with Crippen molar-refractivity contribution in [2.75, 3.05) is 32.0 Å². The van der Waals surface area contributed by atoms with Gasteiger partial charge in [0, 0.05) is 19.3 Å². The zero-order valence-electron chi connectivity index (χ0n) is 10.2. The van der Waals surface area contributed by atoms with Gasteiger partial charge in [0.2, 0.25) is 0 Å². The summed E-state index contributed by atoms with van der Waals surface area (Å²) >= 11 is 0. The van der Waals surface area contributed by atoms with E-state index in [1.165, 1.54) is 19.4 Å². The number of piperidine rings is 1. The summed E-state index contributed by atoms with van der Waals surface area (Å²) in [5.74, 6) is 0.667. The van der Waals surface area contributed by atoms with Gasteiger partial charge in [0.25, 0.3) is 0 Å². The molecule has 1 aliphatic rings. The molecule has 1 saturated heterocycles. The van der Waals surface area contributed by atoms with Crippen LogP contribution in [0.15, 0.2) is 18.3 Å². The van der Waals surface area contributed by atoms with Gasteiger partial charge in [0.1, 0.15) is 6.07 Å². The Balaban J connectivity index is 1.91. The fourth-order valence-corrected chi connectivity index (χ4v) is 2.33. The normalized spacial score (nSPS) is 20.8. The number of nitrogens with one attached hydrogen (secondary N) is 1. The average molecular weight is 230 g/mol. The lowest BCUT2D eigenvalue weighted by molar-refractivity contribution is 0.217. The predicted molar refractivity (Wildman–Crippen MR) is 67.7 cm³/mol. The van der Waals surface area contributed by atoms with Crippen molar-refractivity contribution >= 4 is 5.69 Å². The SMILES string of the molecule is CN1CCCC(CNc2cccnc2C#N)C1. The Morgan fingerprint density at radius 3 is 3.29 bits per heavy atom. The number of rotatable bonds is 3. The maximum absolute atomic E-state index is 8.94. The first-order chi connectivity index (χ1) is 8.29. The van der Waals surface area contributed by atoms with Gasteiger partial charge in [-0.3, -0.25) is 0 Å². The number of pyridine rings is 1. The minimum absolute atomic E-state index is 0.483. The second-order valence-corrected chi connectivity index (χ2v) is 4.66. The fraction of sp³-hybridized carbons (Fsp3) is 0.538. The van der Waals surface area contributed by atoms with Crippen molar-refractivity contribution in [2.45, 2.75) is 12.8 Å². The number of nitriles is 1. The standard InChI is InChI=1S/C13H18N4/c1-17-7-3-4-11(10-17)9-16-12-5-2-6-15-13(12)8-14/h2,5-6,11,16H,3-4,7,9-10H2,1H3. The van der Waals surface area contributed by atoms with E-state index in [2.05, 4.69) is 28.3 Å². The number of anilines is 1. The lowest BCUT2D eigenvalue weighted by Crippen LogP contribution is -2.35. The Hall–Kier alpha value is -1.60. The van der Waals surface area contributed by atoms with Crippen molar-refractivity contribution in [3.05, 3.63) is 24.0 Å². The van der Waals surface area contributed by atoms with Crippen molar-refractivity contribution in [1.82, 2.24) is 9.88 Å². The largest absolute Gasteiger partial charge is 0.382 e. The van der Waals surface area contributed by atoms with Crippen molar-refractivity contribution < 1.29 is 0 Å².